The number of likely N-dealkylation sites (tertiary alicyclic amines) is 2. The number of hydrogen-bond acceptors (Lipinski definition) is 4. The fourth-order valence-corrected chi connectivity index (χ4v) is 4.86. The van der Waals surface area contributed by atoms with Gasteiger partial charge in [-0.3, -0.25) is 9.69 Å². The number of β-amino-alcohol motifs (C(OH)–C–C–N with tert-alkyl or cyclic N) is 1. The summed E-state index contributed by atoms with van der Waals surface area (Å²) in [6, 6.07) is 6.04. The van der Waals surface area contributed by atoms with E-state index in [1.54, 1.807) is 29.2 Å². The topological polar surface area (TPSA) is 90.1 Å². The quantitative estimate of drug-likeness (QED) is 0.760. The molecule has 7 nitrogen and oxygen atoms in total. The summed E-state index contributed by atoms with van der Waals surface area (Å²) in [5.41, 5.74) is 6.04. The van der Waals surface area contributed by atoms with Crippen LogP contribution in [0, 0.1) is 5.92 Å². The monoisotopic (exact) mass is 418 g/mol. The minimum atomic E-state index is -1.92. The number of piperidine rings is 2. The summed E-state index contributed by atoms with van der Waals surface area (Å²) >= 11 is 0. The number of primary amides is 1. The first-order chi connectivity index (χ1) is 16.0. The summed E-state index contributed by atoms with van der Waals surface area (Å²) in [5.74, 6) is -0.420. The van der Waals surface area contributed by atoms with Crippen molar-refractivity contribution in [2.24, 2.45) is 11.7 Å². The van der Waals surface area contributed by atoms with Crippen LogP contribution in [0.25, 0.3) is 0 Å². The molecular weight excluding hydrogens is 380 g/mol. The van der Waals surface area contributed by atoms with Crippen molar-refractivity contribution in [3.63, 3.8) is 0 Å². The van der Waals surface area contributed by atoms with Crippen molar-refractivity contribution in [3.05, 3.63) is 35.4 Å². The second kappa shape index (κ2) is 9.35. The molecule has 30 heavy (non-hydrogen) atoms. The Kier molecular flexibility index (Phi) is 5.16. The number of urea groups is 1. The van der Waals surface area contributed by atoms with E-state index in [9.17, 15) is 14.7 Å². The fraction of sp³-hybridized carbons (Fsp3) is 0.652. The Hall–Kier alpha value is -2.12. The van der Waals surface area contributed by atoms with E-state index in [0.29, 0.717) is 31.6 Å². The Bertz CT molecular complexity index is 931. The van der Waals surface area contributed by atoms with Gasteiger partial charge >= 0.3 is 6.03 Å². The van der Waals surface area contributed by atoms with Crippen molar-refractivity contribution < 1.29 is 20.2 Å². The van der Waals surface area contributed by atoms with Crippen LogP contribution in [0.1, 0.15) is 48.7 Å². The van der Waals surface area contributed by atoms with Gasteiger partial charge < -0.3 is 20.6 Å². The van der Waals surface area contributed by atoms with Crippen LogP contribution >= 0.6 is 0 Å². The number of carbonyl (C=O) groups is 2. The summed E-state index contributed by atoms with van der Waals surface area (Å²) in [6.45, 7) is -0.517. The van der Waals surface area contributed by atoms with Crippen molar-refractivity contribution in [1.82, 2.24) is 14.7 Å². The number of fused-ring (bicyclic) bond motifs is 1. The lowest BCUT2D eigenvalue weighted by Crippen LogP contribution is -2.55. The van der Waals surface area contributed by atoms with Gasteiger partial charge in [0.05, 0.1) is 6.10 Å². The van der Waals surface area contributed by atoms with Crippen LogP contribution in [0.2, 0.25) is 0 Å². The minimum absolute atomic E-state index is 0.0380. The summed E-state index contributed by atoms with van der Waals surface area (Å²) in [6.07, 6.45) is 0.529. The number of rotatable bonds is 5. The van der Waals surface area contributed by atoms with E-state index in [-0.39, 0.29) is 42.9 Å². The number of benzene rings is 1. The minimum Gasteiger partial charge on any atom is -0.392 e. The third kappa shape index (κ3) is 4.78. The van der Waals surface area contributed by atoms with Crippen molar-refractivity contribution in [3.8, 4) is 0 Å². The lowest BCUT2D eigenvalue weighted by molar-refractivity contribution is -0.143. The molecule has 0 aliphatic carbocycles. The third-order valence-corrected chi connectivity index (χ3v) is 6.39. The Morgan fingerprint density at radius 2 is 1.97 bits per heavy atom. The molecule has 2 unspecified atom stereocenters. The van der Waals surface area contributed by atoms with Crippen LogP contribution in [0.4, 0.5) is 4.79 Å². The van der Waals surface area contributed by atoms with Gasteiger partial charge in [0.2, 0.25) is 5.91 Å². The highest BCUT2D eigenvalue weighted by Gasteiger charge is 2.36. The highest BCUT2D eigenvalue weighted by atomic mass is 16.3. The van der Waals surface area contributed by atoms with Crippen molar-refractivity contribution in [2.75, 3.05) is 32.7 Å². The van der Waals surface area contributed by atoms with Gasteiger partial charge in [-0.05, 0) is 49.6 Å². The van der Waals surface area contributed by atoms with E-state index in [0.717, 1.165) is 19.3 Å². The summed E-state index contributed by atoms with van der Waals surface area (Å²) in [7, 11) is 0. The molecule has 3 N–H and O–H groups in total. The second-order valence-corrected chi connectivity index (χ2v) is 8.56. The molecule has 0 spiro atoms. The molecule has 0 bridgehead atoms. The number of aliphatic hydroxyl groups is 1. The first-order valence-electron chi connectivity index (χ1n) is 12.9. The van der Waals surface area contributed by atoms with Gasteiger partial charge in [-0.25, -0.2) is 4.79 Å². The van der Waals surface area contributed by atoms with Crippen LogP contribution in [0.3, 0.4) is 0 Å². The van der Waals surface area contributed by atoms with Gasteiger partial charge in [0, 0.05) is 56.7 Å². The molecule has 3 aliphatic rings. The first kappa shape index (κ1) is 16.6. The van der Waals surface area contributed by atoms with Crippen LogP contribution in [0.15, 0.2) is 24.3 Å². The zero-order valence-corrected chi connectivity index (χ0v) is 17.3. The largest absolute Gasteiger partial charge is 0.392 e. The van der Waals surface area contributed by atoms with Crippen molar-refractivity contribution >= 4 is 11.9 Å². The van der Waals surface area contributed by atoms with Crippen molar-refractivity contribution in [2.45, 2.75) is 57.1 Å². The number of nitrogens with zero attached hydrogens (tertiary/aromatic N) is 3. The number of hydrogen-bond donors (Lipinski definition) is 2. The molecule has 2 fully saturated rings. The number of amides is 3. The first-order valence-corrected chi connectivity index (χ1v) is 10.9. The maximum absolute atomic E-state index is 13.3. The summed E-state index contributed by atoms with van der Waals surface area (Å²) < 4.78 is 34.0. The van der Waals surface area contributed by atoms with Crippen LogP contribution in [0.5, 0.6) is 0 Å². The SMILES string of the molecule is [2H]C1([2H])CN(C[C@@H](O)CC2CCCN(C3CCCN(C(N)=O)C3)C2=O)C([2H])([2H])c2ccccc21. The maximum Gasteiger partial charge on any atom is 0.314 e. The lowest BCUT2D eigenvalue weighted by Gasteiger charge is -2.43. The van der Waals surface area contributed by atoms with Crippen molar-refractivity contribution in [1.29, 1.82) is 0 Å². The lowest BCUT2D eigenvalue weighted by atomic mass is 9.89. The van der Waals surface area contributed by atoms with Gasteiger partial charge in [0.15, 0.2) is 0 Å². The molecule has 0 radical (unpaired) electrons. The van der Waals surface area contributed by atoms with Gasteiger partial charge in [-0.2, -0.15) is 0 Å². The molecule has 3 heterocycles. The van der Waals surface area contributed by atoms with Gasteiger partial charge in [0.25, 0.3) is 0 Å². The average Bonchev–Trinajstić information content (AvgIpc) is 2.79. The van der Waals surface area contributed by atoms with Crippen LogP contribution in [-0.2, 0) is 17.7 Å². The van der Waals surface area contributed by atoms with Crippen LogP contribution < -0.4 is 5.73 Å². The Balaban J connectivity index is 1.41. The summed E-state index contributed by atoms with van der Waals surface area (Å²) in [5, 5.41) is 10.9. The zero-order valence-electron chi connectivity index (χ0n) is 21.3. The molecule has 3 aliphatic heterocycles. The van der Waals surface area contributed by atoms with E-state index in [2.05, 4.69) is 0 Å². The van der Waals surface area contributed by atoms with Gasteiger partial charge in [-0.15, -0.1) is 0 Å². The number of aliphatic hydroxyl groups excluding tert-OH is 1. The Morgan fingerprint density at radius 1 is 1.20 bits per heavy atom. The number of carbonyl (C=O) groups excluding carboxylic acids is 2. The maximum atomic E-state index is 13.3. The smallest absolute Gasteiger partial charge is 0.314 e. The molecule has 7 heteroatoms. The fourth-order valence-electron chi connectivity index (χ4n) is 4.86. The summed E-state index contributed by atoms with van der Waals surface area (Å²) in [4.78, 5) is 29.6. The molecule has 0 saturated carbocycles. The second-order valence-electron chi connectivity index (χ2n) is 8.56. The molecule has 0 aromatic heterocycles. The predicted octanol–water partition coefficient (Wildman–Crippen LogP) is 1.58. The standard InChI is InChI=1S/C23H34N4O3/c24-23(30)26-10-4-8-20(15-26)27-11-3-7-18(22(27)29)13-21(28)16-25-12-9-17-5-1-2-6-19(17)14-25/h1-2,5-6,18,20-21,28H,3-4,7-16H2,(H2,24,30)/t18?,20?,21-/m0/s1/i9D2,14D2. The number of nitrogens with two attached hydrogens (primary N) is 1. The molecule has 1 aromatic rings. The zero-order chi connectivity index (χ0) is 24.7. The highest BCUT2D eigenvalue weighted by Crippen LogP contribution is 2.28. The molecule has 1 aromatic carbocycles. The molecule has 3 amide bonds. The Labute approximate surface area is 184 Å². The Morgan fingerprint density at radius 3 is 2.77 bits per heavy atom. The van der Waals surface area contributed by atoms with E-state index < -0.39 is 25.0 Å². The van der Waals surface area contributed by atoms with E-state index in [4.69, 9.17) is 11.2 Å². The molecule has 4 rings (SSSR count). The predicted molar refractivity (Wildman–Crippen MR) is 115 cm³/mol. The van der Waals surface area contributed by atoms with Gasteiger partial charge in [-0.1, -0.05) is 24.3 Å². The van der Waals surface area contributed by atoms with Gasteiger partial charge in [0.1, 0.15) is 0 Å². The normalized spacial score (nSPS) is 31.7. The highest BCUT2D eigenvalue weighted by molar-refractivity contribution is 5.80. The van der Waals surface area contributed by atoms with Crippen LogP contribution in [-0.4, -0.2) is 76.6 Å². The molecular formula is C23H34N4O3. The van der Waals surface area contributed by atoms with E-state index in [1.807, 2.05) is 4.90 Å². The molecule has 164 valence electrons. The molecule has 2 saturated heterocycles. The van der Waals surface area contributed by atoms with E-state index >= 15 is 0 Å². The van der Waals surface area contributed by atoms with E-state index in [1.165, 1.54) is 4.90 Å². The third-order valence-electron chi connectivity index (χ3n) is 6.39. The average molecular weight is 419 g/mol. The molecule has 3 atom stereocenters.